The van der Waals surface area contributed by atoms with E-state index in [0.29, 0.717) is 40.0 Å². The van der Waals surface area contributed by atoms with Crippen molar-refractivity contribution in [2.75, 3.05) is 18.4 Å². The van der Waals surface area contributed by atoms with Crippen LogP contribution in [0.25, 0.3) is 22.3 Å². The molecule has 1 aliphatic heterocycles. The number of aromatic nitrogens is 5. The van der Waals surface area contributed by atoms with Gasteiger partial charge in [0.1, 0.15) is 22.9 Å². The monoisotopic (exact) mass is 559 g/mol. The molecule has 1 atom stereocenters. The van der Waals surface area contributed by atoms with Crippen LogP contribution < -0.4 is 10.6 Å². The van der Waals surface area contributed by atoms with Gasteiger partial charge in [-0.25, -0.2) is 28.7 Å². The van der Waals surface area contributed by atoms with Crippen LogP contribution in [0, 0.1) is 29.9 Å². The van der Waals surface area contributed by atoms with Gasteiger partial charge in [0.25, 0.3) is 0 Å². The molecule has 4 aromatic rings. The van der Waals surface area contributed by atoms with E-state index in [1.807, 2.05) is 37.6 Å². The van der Waals surface area contributed by atoms with Crippen molar-refractivity contribution in [1.82, 2.24) is 29.8 Å². The maximum Gasteiger partial charge on any atom is 0.229 e. The molecular formula is C32H39F2N7. The Labute approximate surface area is 240 Å². The molecule has 0 bridgehead atoms. The minimum Gasteiger partial charge on any atom is -0.326 e. The molecule has 216 valence electrons. The third-order valence-electron chi connectivity index (χ3n) is 9.47. The van der Waals surface area contributed by atoms with Gasteiger partial charge in [-0.15, -0.1) is 0 Å². The smallest absolute Gasteiger partial charge is 0.229 e. The normalized spacial score (nSPS) is 18.3. The van der Waals surface area contributed by atoms with Gasteiger partial charge in [0.05, 0.1) is 11.7 Å². The Balaban J connectivity index is 1.18. The highest BCUT2D eigenvalue weighted by atomic mass is 19.1. The van der Waals surface area contributed by atoms with Crippen LogP contribution >= 0.6 is 0 Å². The second-order valence-corrected chi connectivity index (χ2v) is 12.3. The van der Waals surface area contributed by atoms with Crippen molar-refractivity contribution in [3.63, 3.8) is 0 Å². The Morgan fingerprint density at radius 1 is 0.951 bits per heavy atom. The summed E-state index contributed by atoms with van der Waals surface area (Å²) < 4.78 is 31.9. The average Bonchev–Trinajstić information content (AvgIpc) is 3.31. The first kappa shape index (κ1) is 27.7. The molecule has 1 saturated carbocycles. The number of pyridine rings is 1. The van der Waals surface area contributed by atoms with Gasteiger partial charge < -0.3 is 15.2 Å². The summed E-state index contributed by atoms with van der Waals surface area (Å²) in [5.74, 6) is 1.45. The number of hydrogen-bond acceptors (Lipinski definition) is 6. The van der Waals surface area contributed by atoms with Crippen molar-refractivity contribution >= 4 is 22.8 Å². The fourth-order valence-electron chi connectivity index (χ4n) is 7.03. The number of hydrogen-bond donors (Lipinski definition) is 2. The zero-order valence-corrected chi connectivity index (χ0v) is 24.3. The van der Waals surface area contributed by atoms with E-state index in [1.54, 1.807) is 6.07 Å². The van der Waals surface area contributed by atoms with Crippen molar-refractivity contribution in [2.45, 2.75) is 78.2 Å². The first-order valence-electron chi connectivity index (χ1n) is 14.9. The van der Waals surface area contributed by atoms with Crippen LogP contribution in [-0.2, 0) is 0 Å². The molecule has 1 saturated heterocycles. The van der Waals surface area contributed by atoms with E-state index < -0.39 is 11.6 Å². The quantitative estimate of drug-likeness (QED) is 0.255. The van der Waals surface area contributed by atoms with E-state index in [1.165, 1.54) is 50.2 Å². The van der Waals surface area contributed by atoms with Gasteiger partial charge in [-0.1, -0.05) is 13.0 Å². The van der Waals surface area contributed by atoms with Gasteiger partial charge in [0, 0.05) is 17.8 Å². The molecule has 1 aromatic carbocycles. The van der Waals surface area contributed by atoms with Gasteiger partial charge in [0.2, 0.25) is 5.95 Å². The van der Waals surface area contributed by atoms with Crippen LogP contribution in [0.5, 0.6) is 0 Å². The summed E-state index contributed by atoms with van der Waals surface area (Å²) in [6, 6.07) is 7.12. The second-order valence-electron chi connectivity index (χ2n) is 12.3. The number of piperidine rings is 1. The predicted octanol–water partition coefficient (Wildman–Crippen LogP) is 7.46. The molecule has 2 fully saturated rings. The molecule has 1 aliphatic carbocycles. The Hall–Kier alpha value is -3.46. The van der Waals surface area contributed by atoms with Crippen molar-refractivity contribution < 1.29 is 8.78 Å². The molecule has 6 rings (SSSR count). The van der Waals surface area contributed by atoms with Crippen LogP contribution in [0.15, 0.2) is 36.7 Å². The highest BCUT2D eigenvalue weighted by Crippen LogP contribution is 2.48. The third kappa shape index (κ3) is 5.44. The fraction of sp³-hybridized carbons (Fsp3) is 0.500. The van der Waals surface area contributed by atoms with Crippen molar-refractivity contribution in [1.29, 1.82) is 0 Å². The van der Waals surface area contributed by atoms with Crippen LogP contribution in [0.4, 0.5) is 20.5 Å². The zero-order chi connectivity index (χ0) is 28.7. The Morgan fingerprint density at radius 3 is 2.39 bits per heavy atom. The fourth-order valence-corrected chi connectivity index (χ4v) is 7.03. The van der Waals surface area contributed by atoms with E-state index in [2.05, 4.69) is 43.6 Å². The number of benzene rings is 1. The Kier molecular flexibility index (Phi) is 7.49. The van der Waals surface area contributed by atoms with E-state index in [0.717, 1.165) is 19.3 Å². The largest absolute Gasteiger partial charge is 0.326 e. The van der Waals surface area contributed by atoms with Crippen molar-refractivity contribution in [2.24, 2.45) is 11.3 Å². The zero-order valence-electron chi connectivity index (χ0n) is 24.3. The molecule has 3 aromatic heterocycles. The average molecular weight is 560 g/mol. The van der Waals surface area contributed by atoms with Crippen molar-refractivity contribution in [3.05, 3.63) is 59.7 Å². The molecule has 9 heteroatoms. The van der Waals surface area contributed by atoms with Gasteiger partial charge >= 0.3 is 0 Å². The number of anilines is 2. The molecule has 0 unspecified atom stereocenters. The summed E-state index contributed by atoms with van der Waals surface area (Å²) in [6.45, 7) is 10.5. The number of fused-ring (bicyclic) bond motifs is 1. The number of imidazole rings is 1. The summed E-state index contributed by atoms with van der Waals surface area (Å²) in [5.41, 5.74) is 3.01. The molecule has 41 heavy (non-hydrogen) atoms. The molecule has 2 aliphatic rings. The molecule has 0 radical (unpaired) electrons. The lowest BCUT2D eigenvalue weighted by atomic mass is 9.63. The SMILES string of the molecule is Cc1nc2c(F)cc(-c3nc(Nc4ccc([C@@H](C)C5CCC6(CCNCC6)CC5)cn4)ncc3F)cc2n1C(C)C. The Bertz CT molecular complexity index is 1530. The van der Waals surface area contributed by atoms with Crippen LogP contribution in [0.2, 0.25) is 0 Å². The van der Waals surface area contributed by atoms with Gasteiger partial charge in [0.15, 0.2) is 11.6 Å². The number of aryl methyl sites for hydroxylation is 1. The molecule has 2 N–H and O–H groups in total. The highest BCUT2D eigenvalue weighted by molar-refractivity contribution is 5.83. The number of halogens is 2. The van der Waals surface area contributed by atoms with Gasteiger partial charge in [-0.05, 0) is 113 Å². The molecule has 7 nitrogen and oxygen atoms in total. The van der Waals surface area contributed by atoms with E-state index in [-0.39, 0.29) is 23.2 Å². The topological polar surface area (TPSA) is 80.6 Å². The van der Waals surface area contributed by atoms with E-state index >= 15 is 4.39 Å². The third-order valence-corrected chi connectivity index (χ3v) is 9.47. The number of rotatable bonds is 6. The van der Waals surface area contributed by atoms with Crippen LogP contribution in [-0.4, -0.2) is 37.6 Å². The lowest BCUT2D eigenvalue weighted by molar-refractivity contribution is 0.0979. The van der Waals surface area contributed by atoms with E-state index in [4.69, 9.17) is 0 Å². The summed E-state index contributed by atoms with van der Waals surface area (Å²) in [4.78, 5) is 17.5. The van der Waals surface area contributed by atoms with E-state index in [9.17, 15) is 4.39 Å². The van der Waals surface area contributed by atoms with Crippen LogP contribution in [0.1, 0.15) is 82.6 Å². The Morgan fingerprint density at radius 2 is 1.71 bits per heavy atom. The standard InChI is InChI=1S/C32H39F2N7/c1-19(2)41-21(4)38-30-25(33)15-24(16-27(30)41)29-26(34)18-37-31(40-29)39-28-6-5-23(17-36-28)20(3)22-7-9-32(10-8-22)11-13-35-14-12-32/h5-6,15-20,22,35H,7-14H2,1-4H3,(H,36,37,39,40)/t20-/m0/s1. The summed E-state index contributed by atoms with van der Waals surface area (Å²) in [6.07, 6.45) is 10.9. The maximum absolute atomic E-state index is 15.0. The number of nitrogens with zero attached hydrogens (tertiary/aromatic N) is 5. The van der Waals surface area contributed by atoms with Crippen molar-refractivity contribution in [3.8, 4) is 11.3 Å². The predicted molar refractivity (Wildman–Crippen MR) is 158 cm³/mol. The second kappa shape index (κ2) is 11.1. The maximum atomic E-state index is 15.0. The molecule has 4 heterocycles. The van der Waals surface area contributed by atoms with Gasteiger partial charge in [-0.3, -0.25) is 0 Å². The highest BCUT2D eigenvalue weighted by Gasteiger charge is 2.37. The minimum atomic E-state index is -0.627. The first-order valence-corrected chi connectivity index (χ1v) is 14.9. The lowest BCUT2D eigenvalue weighted by Gasteiger charge is -2.44. The molecular weight excluding hydrogens is 520 g/mol. The first-order chi connectivity index (χ1) is 19.7. The summed E-state index contributed by atoms with van der Waals surface area (Å²) >= 11 is 0. The van der Waals surface area contributed by atoms with Crippen LogP contribution in [0.3, 0.4) is 0 Å². The minimum absolute atomic E-state index is 0.0199. The summed E-state index contributed by atoms with van der Waals surface area (Å²) in [5, 5.41) is 6.60. The lowest BCUT2D eigenvalue weighted by Crippen LogP contribution is -2.39. The number of nitrogens with one attached hydrogen (secondary N) is 2. The van der Waals surface area contributed by atoms with Gasteiger partial charge in [-0.2, -0.15) is 0 Å². The summed E-state index contributed by atoms with van der Waals surface area (Å²) in [7, 11) is 0. The molecule has 0 amide bonds. The molecule has 1 spiro atoms.